The molecular weight excluding hydrogens is 330 g/mol. The molecule has 0 saturated carbocycles. The third-order valence-electron chi connectivity index (χ3n) is 4.60. The second-order valence-corrected chi connectivity index (χ2v) is 6.62. The van der Waals surface area contributed by atoms with Crippen LogP contribution in [0.25, 0.3) is 0 Å². The van der Waals surface area contributed by atoms with Crippen LogP contribution in [0.3, 0.4) is 0 Å². The lowest BCUT2D eigenvalue weighted by Gasteiger charge is -2.15. The molecule has 26 heavy (non-hydrogen) atoms. The number of fused-ring (bicyclic) bond motifs is 1. The van der Waals surface area contributed by atoms with E-state index >= 15 is 0 Å². The average molecular weight is 357 g/mol. The van der Waals surface area contributed by atoms with Crippen molar-refractivity contribution in [3.8, 4) is 5.75 Å². The molecule has 1 N–H and O–H groups in total. The zero-order chi connectivity index (χ0) is 18.4. The van der Waals surface area contributed by atoms with E-state index in [4.69, 9.17) is 9.47 Å². The van der Waals surface area contributed by atoms with E-state index in [-0.39, 0.29) is 5.91 Å². The molecule has 0 unspecified atom stereocenters. The summed E-state index contributed by atoms with van der Waals surface area (Å²) in [6.45, 7) is 6.95. The normalized spacial score (nSPS) is 16.5. The minimum Gasteiger partial charge on any atom is -0.493 e. The van der Waals surface area contributed by atoms with Gasteiger partial charge >= 0.3 is 0 Å². The van der Waals surface area contributed by atoms with Gasteiger partial charge in [0.15, 0.2) is 0 Å². The van der Waals surface area contributed by atoms with Crippen LogP contribution in [0, 0.1) is 12.8 Å². The van der Waals surface area contributed by atoms with Crippen molar-refractivity contribution in [2.45, 2.75) is 33.2 Å². The second-order valence-electron chi connectivity index (χ2n) is 6.62. The number of benzene rings is 1. The summed E-state index contributed by atoms with van der Waals surface area (Å²) in [5, 5.41) is 7.47. The molecule has 2 heterocycles. The summed E-state index contributed by atoms with van der Waals surface area (Å²) in [5.74, 6) is 1.25. The van der Waals surface area contributed by atoms with Crippen LogP contribution in [0.1, 0.15) is 35.1 Å². The minimum absolute atomic E-state index is 0.0828. The number of nitrogens with zero attached hydrogens (tertiary/aromatic N) is 2. The topological polar surface area (TPSA) is 65.4 Å². The molecule has 0 saturated heterocycles. The monoisotopic (exact) mass is 357 g/mol. The van der Waals surface area contributed by atoms with E-state index in [1.54, 1.807) is 4.68 Å². The van der Waals surface area contributed by atoms with Crippen molar-refractivity contribution in [3.05, 3.63) is 47.3 Å². The van der Waals surface area contributed by atoms with Crippen LogP contribution >= 0.6 is 0 Å². The number of hydrogen-bond donors (Lipinski definition) is 1. The maximum Gasteiger partial charge on any atom is 0.269 e. The van der Waals surface area contributed by atoms with Gasteiger partial charge in [-0.15, -0.1) is 0 Å². The van der Waals surface area contributed by atoms with Gasteiger partial charge in [-0.05, 0) is 50.3 Å². The minimum atomic E-state index is -0.0828. The molecule has 6 heteroatoms. The van der Waals surface area contributed by atoms with Crippen LogP contribution in [-0.4, -0.2) is 42.1 Å². The van der Waals surface area contributed by atoms with Crippen molar-refractivity contribution in [2.75, 3.05) is 26.4 Å². The standard InChI is InChI=1S/C20H27N3O3/c1-3-25-11-9-23-18(12-15(2)22-23)20(24)21-14-16-8-10-26-19-7-5-4-6-17(19)13-16/h4-7,12,16H,3,8-11,13-14H2,1-2H3,(H,21,24)/t16-/m1/s1. The zero-order valence-electron chi connectivity index (χ0n) is 15.5. The summed E-state index contributed by atoms with van der Waals surface area (Å²) >= 11 is 0. The maximum atomic E-state index is 12.6. The number of carbonyl (C=O) groups is 1. The smallest absolute Gasteiger partial charge is 0.269 e. The lowest BCUT2D eigenvalue weighted by molar-refractivity contribution is 0.0927. The molecule has 0 spiro atoms. The predicted octanol–water partition coefficient (Wildman–Crippen LogP) is 2.60. The van der Waals surface area contributed by atoms with Crippen molar-refractivity contribution in [1.82, 2.24) is 15.1 Å². The lowest BCUT2D eigenvalue weighted by Crippen LogP contribution is -2.32. The van der Waals surface area contributed by atoms with Crippen LogP contribution in [0.15, 0.2) is 30.3 Å². The molecule has 1 aromatic carbocycles. The number of carbonyl (C=O) groups excluding carboxylic acids is 1. The molecule has 1 amide bonds. The summed E-state index contributed by atoms with van der Waals surface area (Å²) in [5.41, 5.74) is 2.64. The first kappa shape index (κ1) is 18.5. The molecular formula is C20H27N3O3. The van der Waals surface area contributed by atoms with E-state index in [0.29, 0.717) is 44.5 Å². The first-order valence-electron chi connectivity index (χ1n) is 9.28. The summed E-state index contributed by atoms with van der Waals surface area (Å²) in [7, 11) is 0. The van der Waals surface area contributed by atoms with Crippen molar-refractivity contribution < 1.29 is 14.3 Å². The summed E-state index contributed by atoms with van der Waals surface area (Å²) in [4.78, 5) is 12.6. The fourth-order valence-corrected chi connectivity index (χ4v) is 3.26. The second kappa shape index (κ2) is 8.85. The molecule has 0 bridgehead atoms. The quantitative estimate of drug-likeness (QED) is 0.774. The van der Waals surface area contributed by atoms with Crippen LogP contribution < -0.4 is 10.1 Å². The Kier molecular flexibility index (Phi) is 6.28. The summed E-state index contributed by atoms with van der Waals surface area (Å²) in [6, 6.07) is 9.96. The van der Waals surface area contributed by atoms with Gasteiger partial charge in [0, 0.05) is 13.2 Å². The Balaban J connectivity index is 1.59. The molecule has 6 nitrogen and oxygen atoms in total. The predicted molar refractivity (Wildman–Crippen MR) is 99.5 cm³/mol. The van der Waals surface area contributed by atoms with Gasteiger partial charge in [0.2, 0.25) is 0 Å². The molecule has 1 aliphatic rings. The Labute approximate surface area is 154 Å². The van der Waals surface area contributed by atoms with Gasteiger partial charge in [0.05, 0.1) is 25.5 Å². The highest BCUT2D eigenvalue weighted by molar-refractivity contribution is 5.92. The van der Waals surface area contributed by atoms with Gasteiger partial charge < -0.3 is 14.8 Å². The van der Waals surface area contributed by atoms with Gasteiger partial charge in [0.1, 0.15) is 11.4 Å². The fourth-order valence-electron chi connectivity index (χ4n) is 3.26. The maximum absolute atomic E-state index is 12.6. The van der Waals surface area contributed by atoms with Crippen LogP contribution in [0.4, 0.5) is 0 Å². The van der Waals surface area contributed by atoms with Crippen molar-refractivity contribution in [1.29, 1.82) is 0 Å². The van der Waals surface area contributed by atoms with E-state index in [1.165, 1.54) is 5.56 Å². The Morgan fingerprint density at radius 2 is 2.27 bits per heavy atom. The molecule has 2 aromatic rings. The zero-order valence-corrected chi connectivity index (χ0v) is 15.5. The highest BCUT2D eigenvalue weighted by atomic mass is 16.5. The highest BCUT2D eigenvalue weighted by Gasteiger charge is 2.20. The van der Waals surface area contributed by atoms with E-state index in [2.05, 4.69) is 16.5 Å². The average Bonchev–Trinajstić information content (AvgIpc) is 2.88. The first-order valence-corrected chi connectivity index (χ1v) is 9.28. The number of nitrogens with one attached hydrogen (secondary N) is 1. The SMILES string of the molecule is CCOCCn1nc(C)cc1C(=O)NC[C@@H]1CCOc2ccccc2C1. The number of rotatable bonds is 7. The molecule has 1 atom stereocenters. The molecule has 3 rings (SSSR count). The van der Waals surface area contributed by atoms with E-state index < -0.39 is 0 Å². The number of amides is 1. The third-order valence-corrected chi connectivity index (χ3v) is 4.60. The number of para-hydroxylation sites is 1. The van der Waals surface area contributed by atoms with E-state index in [1.807, 2.05) is 38.1 Å². The number of aromatic nitrogens is 2. The summed E-state index contributed by atoms with van der Waals surface area (Å²) in [6.07, 6.45) is 1.84. The van der Waals surface area contributed by atoms with Gasteiger partial charge in [-0.2, -0.15) is 5.10 Å². The Bertz CT molecular complexity index is 742. The first-order chi connectivity index (χ1) is 12.7. The molecule has 0 radical (unpaired) electrons. The Hall–Kier alpha value is -2.34. The van der Waals surface area contributed by atoms with Gasteiger partial charge in [-0.3, -0.25) is 9.48 Å². The van der Waals surface area contributed by atoms with E-state index in [0.717, 1.165) is 24.3 Å². The lowest BCUT2D eigenvalue weighted by atomic mass is 9.97. The van der Waals surface area contributed by atoms with E-state index in [9.17, 15) is 4.79 Å². The van der Waals surface area contributed by atoms with Gasteiger partial charge in [-0.25, -0.2) is 0 Å². The fraction of sp³-hybridized carbons (Fsp3) is 0.500. The molecule has 1 aliphatic heterocycles. The van der Waals surface area contributed by atoms with Crippen LogP contribution in [0.5, 0.6) is 5.75 Å². The molecule has 0 fully saturated rings. The Morgan fingerprint density at radius 3 is 3.12 bits per heavy atom. The van der Waals surface area contributed by atoms with Crippen LogP contribution in [0.2, 0.25) is 0 Å². The Morgan fingerprint density at radius 1 is 1.42 bits per heavy atom. The van der Waals surface area contributed by atoms with Crippen molar-refractivity contribution in [3.63, 3.8) is 0 Å². The highest BCUT2D eigenvalue weighted by Crippen LogP contribution is 2.26. The molecule has 0 aliphatic carbocycles. The van der Waals surface area contributed by atoms with Crippen LogP contribution in [-0.2, 0) is 17.7 Å². The summed E-state index contributed by atoms with van der Waals surface area (Å²) < 4.78 is 12.9. The number of ether oxygens (including phenoxy) is 2. The molecule has 140 valence electrons. The number of hydrogen-bond acceptors (Lipinski definition) is 4. The molecule has 1 aromatic heterocycles. The van der Waals surface area contributed by atoms with Crippen molar-refractivity contribution >= 4 is 5.91 Å². The van der Waals surface area contributed by atoms with Gasteiger partial charge in [0.25, 0.3) is 5.91 Å². The van der Waals surface area contributed by atoms with Crippen molar-refractivity contribution in [2.24, 2.45) is 5.92 Å². The number of aryl methyl sites for hydroxylation is 1. The largest absolute Gasteiger partial charge is 0.493 e. The van der Waals surface area contributed by atoms with Gasteiger partial charge in [-0.1, -0.05) is 18.2 Å². The third kappa shape index (κ3) is 4.64.